The van der Waals surface area contributed by atoms with Crippen molar-refractivity contribution < 1.29 is 22.6 Å². The van der Waals surface area contributed by atoms with E-state index in [9.17, 15) is 8.78 Å². The number of alkyl halides is 2. The molecule has 1 aromatic heterocycles. The lowest BCUT2D eigenvalue weighted by atomic mass is 9.71. The molecule has 0 saturated carbocycles. The summed E-state index contributed by atoms with van der Waals surface area (Å²) in [5.41, 5.74) is 2.25. The van der Waals surface area contributed by atoms with Crippen LogP contribution in [0.5, 0.6) is 5.75 Å². The molecule has 3 aromatic rings. The fourth-order valence-corrected chi connectivity index (χ4v) is 6.69. The molecule has 3 heterocycles. The van der Waals surface area contributed by atoms with Crippen LogP contribution < -0.4 is 30.9 Å². The number of ether oxygens (including phenoxy) is 1. The maximum Gasteiger partial charge on any atom is 0.387 e. The maximum atomic E-state index is 13.4. The molecule has 2 fully saturated rings. The van der Waals surface area contributed by atoms with Crippen LogP contribution in [0.3, 0.4) is 0 Å². The van der Waals surface area contributed by atoms with Crippen LogP contribution in [0.1, 0.15) is 25.7 Å². The molecule has 13 heteroatoms. The van der Waals surface area contributed by atoms with Gasteiger partial charge in [-0.3, -0.25) is 0 Å². The number of nitrogens with zero attached hydrogens (tertiary/aromatic N) is 3. The van der Waals surface area contributed by atoms with Crippen molar-refractivity contribution in [2.75, 3.05) is 55.9 Å². The number of aromatic nitrogens is 2. The molecule has 0 radical (unpaired) electrons. The Kier molecular flexibility index (Phi) is 9.72. The van der Waals surface area contributed by atoms with Gasteiger partial charge in [0.15, 0.2) is 11.6 Å². The molecule has 0 bridgehead atoms. The van der Waals surface area contributed by atoms with Crippen LogP contribution in [-0.4, -0.2) is 57.0 Å². The molecule has 2 aromatic carbocycles. The largest absolute Gasteiger partial charge is 0.433 e. The first-order valence-corrected chi connectivity index (χ1v) is 15.0. The first-order valence-electron chi connectivity index (χ1n) is 13.5. The Morgan fingerprint density at radius 2 is 1.73 bits per heavy atom. The highest BCUT2D eigenvalue weighted by molar-refractivity contribution is 7.56. The molecule has 5 rings (SSSR count). The highest BCUT2D eigenvalue weighted by Crippen LogP contribution is 2.42. The maximum absolute atomic E-state index is 13.4. The Bertz CT molecular complexity index is 1320. The van der Waals surface area contributed by atoms with Gasteiger partial charge in [-0.1, -0.05) is 23.7 Å². The number of benzene rings is 2. The van der Waals surface area contributed by atoms with Gasteiger partial charge in [0, 0.05) is 39.1 Å². The fourth-order valence-electron chi connectivity index (χ4n) is 5.47. The van der Waals surface area contributed by atoms with Crippen LogP contribution >= 0.6 is 20.0 Å². The molecule has 2 aliphatic rings. The van der Waals surface area contributed by atoms with E-state index in [2.05, 4.69) is 30.8 Å². The van der Waals surface area contributed by atoms with E-state index < -0.39 is 15.0 Å². The second kappa shape index (κ2) is 13.4. The van der Waals surface area contributed by atoms with Crippen molar-refractivity contribution in [1.29, 1.82) is 0 Å². The Balaban J connectivity index is 1.34. The zero-order valence-electron chi connectivity index (χ0n) is 23.0. The van der Waals surface area contributed by atoms with E-state index in [1.165, 1.54) is 19.0 Å². The zero-order valence-corrected chi connectivity index (χ0v) is 24.7. The fraction of sp³-hybridized carbons (Fsp3) is 0.429. The topological polar surface area (TPSA) is 92.8 Å². The third-order valence-corrected chi connectivity index (χ3v) is 9.43. The van der Waals surface area contributed by atoms with Crippen LogP contribution in [0, 0.1) is 5.41 Å². The predicted octanol–water partition coefficient (Wildman–Crippen LogP) is 6.42. The van der Waals surface area contributed by atoms with Crippen molar-refractivity contribution in [3.63, 3.8) is 0 Å². The standard InChI is InChI=1S/C28H34ClF2N6O3P/c1-38-41(39-2)24-6-4-3-5-22(24)34-25-20(29)18-33-27(36-25)35-21-8-7-19(17-23(21)40-26(30)31)37-15-11-28(12-16-37)9-13-32-14-10-28/h3-8,17-18,26,32H,9-16H2,1-2H3,(H2,33,34,35,36). The van der Waals surface area contributed by atoms with Gasteiger partial charge < -0.3 is 34.6 Å². The van der Waals surface area contributed by atoms with E-state index in [1.807, 2.05) is 30.3 Å². The summed E-state index contributed by atoms with van der Waals surface area (Å²) in [5, 5.41) is 10.8. The van der Waals surface area contributed by atoms with Gasteiger partial charge in [0.2, 0.25) is 14.3 Å². The zero-order chi connectivity index (χ0) is 28.8. The lowest BCUT2D eigenvalue weighted by Crippen LogP contribution is -2.45. The van der Waals surface area contributed by atoms with E-state index in [1.54, 1.807) is 26.4 Å². The van der Waals surface area contributed by atoms with Crippen LogP contribution in [0.4, 0.5) is 37.6 Å². The SMILES string of the molecule is COP(OC)c1ccccc1Nc1nc(Nc2ccc(N3CCC4(CCNCC4)CC3)cc2OC(F)F)ncc1Cl. The molecule has 2 saturated heterocycles. The summed E-state index contributed by atoms with van der Waals surface area (Å²) in [7, 11) is 1.84. The Hall–Kier alpha value is -2.82. The van der Waals surface area contributed by atoms with Crippen LogP contribution in [-0.2, 0) is 9.05 Å². The molecule has 3 N–H and O–H groups in total. The van der Waals surface area contributed by atoms with Gasteiger partial charge in [-0.05, 0) is 68.5 Å². The van der Waals surface area contributed by atoms with Crippen molar-refractivity contribution in [3.8, 4) is 5.75 Å². The van der Waals surface area contributed by atoms with Gasteiger partial charge in [-0.2, -0.15) is 13.8 Å². The summed E-state index contributed by atoms with van der Waals surface area (Å²) in [6, 6.07) is 12.8. The number of piperidine rings is 2. The Morgan fingerprint density at radius 1 is 1.00 bits per heavy atom. The first kappa shape index (κ1) is 29.7. The molecule has 1 spiro atoms. The van der Waals surface area contributed by atoms with Crippen molar-refractivity contribution >= 4 is 54.1 Å². The van der Waals surface area contributed by atoms with E-state index in [0.717, 1.165) is 50.0 Å². The summed E-state index contributed by atoms with van der Waals surface area (Å²) in [6.07, 6.45) is 5.99. The van der Waals surface area contributed by atoms with Crippen LogP contribution in [0.25, 0.3) is 0 Å². The first-order chi connectivity index (χ1) is 19.9. The highest BCUT2D eigenvalue weighted by Gasteiger charge is 2.35. The average Bonchev–Trinajstić information content (AvgIpc) is 2.98. The average molecular weight is 607 g/mol. The highest BCUT2D eigenvalue weighted by atomic mass is 35.5. The Labute approximate surface area is 244 Å². The minimum atomic E-state index is -2.98. The van der Waals surface area contributed by atoms with Crippen LogP contribution in [0.15, 0.2) is 48.7 Å². The lowest BCUT2D eigenvalue weighted by molar-refractivity contribution is -0.0493. The number of para-hydroxylation sites is 1. The molecule has 0 aliphatic carbocycles. The number of rotatable bonds is 10. The predicted molar refractivity (Wildman–Crippen MR) is 160 cm³/mol. The number of halogens is 3. The molecule has 2 aliphatic heterocycles. The molecule has 0 amide bonds. The molecule has 0 unspecified atom stereocenters. The molecule has 9 nitrogen and oxygen atoms in total. The van der Waals surface area contributed by atoms with Gasteiger partial charge in [0.1, 0.15) is 5.02 Å². The summed E-state index contributed by atoms with van der Waals surface area (Å²) < 4.78 is 42.7. The molecular weight excluding hydrogens is 573 g/mol. The number of anilines is 5. The van der Waals surface area contributed by atoms with Gasteiger partial charge in [-0.25, -0.2) is 4.98 Å². The third-order valence-electron chi connectivity index (χ3n) is 7.71. The van der Waals surface area contributed by atoms with Gasteiger partial charge in [0.25, 0.3) is 0 Å². The molecule has 220 valence electrons. The summed E-state index contributed by atoms with van der Waals surface area (Å²) in [6.45, 7) is 0.898. The Morgan fingerprint density at radius 3 is 2.44 bits per heavy atom. The van der Waals surface area contributed by atoms with Crippen LogP contribution in [0.2, 0.25) is 5.02 Å². The molecular formula is C28H34ClF2N6O3P. The van der Waals surface area contributed by atoms with E-state index in [-0.39, 0.29) is 16.7 Å². The summed E-state index contributed by atoms with van der Waals surface area (Å²) in [5.74, 6) is 0.503. The van der Waals surface area contributed by atoms with Crippen molar-refractivity contribution in [1.82, 2.24) is 15.3 Å². The minimum absolute atomic E-state index is 0.0175. The van der Waals surface area contributed by atoms with Crippen molar-refractivity contribution in [2.24, 2.45) is 5.41 Å². The number of nitrogens with one attached hydrogen (secondary N) is 3. The van der Waals surface area contributed by atoms with Crippen molar-refractivity contribution in [3.05, 3.63) is 53.7 Å². The van der Waals surface area contributed by atoms with Crippen molar-refractivity contribution in [2.45, 2.75) is 32.3 Å². The second-order valence-electron chi connectivity index (χ2n) is 10.1. The van der Waals surface area contributed by atoms with Gasteiger partial charge in [-0.15, -0.1) is 0 Å². The smallest absolute Gasteiger partial charge is 0.387 e. The lowest BCUT2D eigenvalue weighted by Gasteiger charge is -2.45. The summed E-state index contributed by atoms with van der Waals surface area (Å²) in [4.78, 5) is 11.0. The van der Waals surface area contributed by atoms with Gasteiger partial charge >= 0.3 is 6.61 Å². The molecule has 41 heavy (non-hydrogen) atoms. The minimum Gasteiger partial charge on any atom is -0.433 e. The summed E-state index contributed by atoms with van der Waals surface area (Å²) >= 11 is 6.40. The normalized spacial score (nSPS) is 16.8. The van der Waals surface area contributed by atoms with E-state index in [0.29, 0.717) is 22.6 Å². The monoisotopic (exact) mass is 606 g/mol. The van der Waals surface area contributed by atoms with E-state index in [4.69, 9.17) is 25.4 Å². The van der Waals surface area contributed by atoms with Gasteiger partial charge in [0.05, 0.1) is 22.9 Å². The third kappa shape index (κ3) is 7.16. The van der Waals surface area contributed by atoms with E-state index >= 15 is 0 Å². The number of hydrogen-bond acceptors (Lipinski definition) is 9. The quantitative estimate of drug-likeness (QED) is 0.226. The number of hydrogen-bond donors (Lipinski definition) is 3. The molecule has 0 atom stereocenters. The second-order valence-corrected chi connectivity index (χ2v) is 12.2.